The Labute approximate surface area is 184 Å². The van der Waals surface area contributed by atoms with Crippen molar-refractivity contribution in [1.29, 1.82) is 0 Å². The van der Waals surface area contributed by atoms with Crippen LogP contribution in [0.2, 0.25) is 5.02 Å². The summed E-state index contributed by atoms with van der Waals surface area (Å²) in [5.41, 5.74) is 0.245. The maximum Gasteiger partial charge on any atom is 0.256 e. The van der Waals surface area contributed by atoms with Gasteiger partial charge in [0.25, 0.3) is 11.9 Å². The SMILES string of the molecule is C=CCOc1c(Cl)cc([C@@H]2[C@H](C)N[C@]3(C(=O)Nc4ccccc43)[C@H]2[N+](=O)[O-])cc1OC. The van der Waals surface area contributed by atoms with Crippen molar-refractivity contribution in [2.45, 2.75) is 30.5 Å². The Bertz CT molecular complexity index is 1080. The Hall–Kier alpha value is -3.10. The van der Waals surface area contributed by atoms with E-state index >= 15 is 0 Å². The molecular weight excluding hydrogens is 422 g/mol. The molecule has 1 saturated heterocycles. The zero-order valence-corrected chi connectivity index (χ0v) is 17.8. The second-order valence-electron chi connectivity index (χ2n) is 7.63. The van der Waals surface area contributed by atoms with E-state index in [9.17, 15) is 14.9 Å². The van der Waals surface area contributed by atoms with E-state index in [-0.39, 0.29) is 16.6 Å². The molecule has 4 atom stereocenters. The minimum Gasteiger partial charge on any atom is -0.493 e. The average Bonchev–Trinajstić information content (AvgIpc) is 3.21. The summed E-state index contributed by atoms with van der Waals surface area (Å²) in [6.07, 6.45) is 1.58. The lowest BCUT2D eigenvalue weighted by Crippen LogP contribution is -2.54. The highest BCUT2D eigenvalue weighted by molar-refractivity contribution is 6.32. The number of anilines is 1. The van der Waals surface area contributed by atoms with E-state index in [0.717, 1.165) is 0 Å². The second kappa shape index (κ2) is 7.86. The molecule has 0 bridgehead atoms. The van der Waals surface area contributed by atoms with Crippen molar-refractivity contribution < 1.29 is 19.2 Å². The number of hydrogen-bond acceptors (Lipinski definition) is 6. The van der Waals surface area contributed by atoms with Gasteiger partial charge < -0.3 is 14.8 Å². The number of amides is 1. The number of benzene rings is 2. The number of rotatable bonds is 6. The summed E-state index contributed by atoms with van der Waals surface area (Å²) in [5, 5.41) is 18.7. The molecule has 9 heteroatoms. The molecule has 2 heterocycles. The predicted octanol–water partition coefficient (Wildman–Crippen LogP) is 3.48. The third-order valence-electron chi connectivity index (χ3n) is 5.95. The van der Waals surface area contributed by atoms with Gasteiger partial charge in [-0.2, -0.15) is 0 Å². The number of nitrogens with zero attached hydrogens (tertiary/aromatic N) is 1. The molecule has 0 saturated carbocycles. The maximum atomic E-state index is 13.1. The van der Waals surface area contributed by atoms with E-state index in [1.807, 2.05) is 6.92 Å². The van der Waals surface area contributed by atoms with Gasteiger partial charge in [-0.3, -0.25) is 20.2 Å². The van der Waals surface area contributed by atoms with Crippen molar-refractivity contribution in [3.63, 3.8) is 0 Å². The molecule has 2 N–H and O–H groups in total. The van der Waals surface area contributed by atoms with Crippen LogP contribution in [-0.2, 0) is 10.3 Å². The van der Waals surface area contributed by atoms with Crippen LogP contribution in [0.1, 0.15) is 24.0 Å². The standard InChI is InChI=1S/C22H22ClN3O5/c1-4-9-31-19-15(23)10-13(11-17(19)30-3)18-12(2)25-22(20(18)26(28)29)14-7-5-6-8-16(14)24-21(22)27/h4-8,10-12,18,20,25H,1,9H2,2-3H3,(H,24,27)/t12-,18-,20-,22-/m0/s1. The average molecular weight is 444 g/mol. The summed E-state index contributed by atoms with van der Waals surface area (Å²) in [4.78, 5) is 25.1. The summed E-state index contributed by atoms with van der Waals surface area (Å²) in [7, 11) is 1.47. The van der Waals surface area contributed by atoms with Gasteiger partial charge in [0.15, 0.2) is 17.0 Å². The lowest BCUT2D eigenvalue weighted by Gasteiger charge is -2.25. The molecule has 0 aromatic heterocycles. The number of nitro groups is 1. The molecule has 0 radical (unpaired) electrons. The largest absolute Gasteiger partial charge is 0.493 e. The first-order valence-corrected chi connectivity index (χ1v) is 10.2. The Balaban J connectivity index is 1.85. The fourth-order valence-corrected chi connectivity index (χ4v) is 5.04. The van der Waals surface area contributed by atoms with Crippen molar-refractivity contribution >= 4 is 23.2 Å². The number of hydrogen-bond donors (Lipinski definition) is 2. The highest BCUT2D eigenvalue weighted by Gasteiger charge is 2.67. The van der Waals surface area contributed by atoms with Crippen LogP contribution in [0, 0.1) is 10.1 Å². The monoisotopic (exact) mass is 443 g/mol. The molecule has 4 rings (SSSR count). The van der Waals surface area contributed by atoms with Gasteiger partial charge in [0.1, 0.15) is 6.61 Å². The fraction of sp³-hybridized carbons (Fsp3) is 0.318. The van der Waals surface area contributed by atoms with E-state index in [0.29, 0.717) is 28.3 Å². The van der Waals surface area contributed by atoms with Crippen LogP contribution in [0.4, 0.5) is 5.69 Å². The minimum atomic E-state index is -1.48. The zero-order valence-electron chi connectivity index (χ0n) is 17.1. The summed E-state index contributed by atoms with van der Waals surface area (Å²) < 4.78 is 11.0. The molecule has 162 valence electrons. The summed E-state index contributed by atoms with van der Waals surface area (Å²) >= 11 is 6.45. The van der Waals surface area contributed by atoms with Gasteiger partial charge in [-0.05, 0) is 30.7 Å². The Kier molecular flexibility index (Phi) is 5.36. The molecule has 0 unspecified atom stereocenters. The van der Waals surface area contributed by atoms with Gasteiger partial charge in [-0.15, -0.1) is 0 Å². The number of nitrogens with one attached hydrogen (secondary N) is 2. The molecule has 1 fully saturated rings. The van der Waals surface area contributed by atoms with Crippen LogP contribution in [-0.4, -0.2) is 36.6 Å². The first-order chi connectivity index (χ1) is 14.8. The molecule has 2 aliphatic heterocycles. The van der Waals surface area contributed by atoms with E-state index in [2.05, 4.69) is 17.2 Å². The summed E-state index contributed by atoms with van der Waals surface area (Å²) in [6.45, 7) is 5.67. The first-order valence-electron chi connectivity index (χ1n) is 9.78. The molecule has 8 nitrogen and oxygen atoms in total. The van der Waals surface area contributed by atoms with Crippen molar-refractivity contribution in [2.75, 3.05) is 19.0 Å². The quantitative estimate of drug-likeness (QED) is 0.402. The number of fused-ring (bicyclic) bond motifs is 2. The fourth-order valence-electron chi connectivity index (χ4n) is 4.77. The molecule has 1 amide bonds. The predicted molar refractivity (Wildman–Crippen MR) is 117 cm³/mol. The molecular formula is C22H22ClN3O5. The molecule has 0 aliphatic carbocycles. The molecule has 1 spiro atoms. The molecule has 2 aromatic rings. The van der Waals surface area contributed by atoms with Crippen molar-refractivity contribution in [3.8, 4) is 11.5 Å². The molecule has 2 aliphatic rings. The van der Waals surface area contributed by atoms with Crippen molar-refractivity contribution in [3.05, 3.63) is 75.3 Å². The van der Waals surface area contributed by atoms with Crippen LogP contribution in [0.25, 0.3) is 0 Å². The molecule has 2 aromatic carbocycles. The van der Waals surface area contributed by atoms with Crippen LogP contribution in [0.15, 0.2) is 49.1 Å². The van der Waals surface area contributed by atoms with Gasteiger partial charge in [-0.1, -0.05) is 42.5 Å². The Morgan fingerprint density at radius 2 is 2.10 bits per heavy atom. The summed E-state index contributed by atoms with van der Waals surface area (Å²) in [6, 6.07) is 8.70. The maximum absolute atomic E-state index is 13.1. The number of carbonyl (C=O) groups excluding carboxylic acids is 1. The smallest absolute Gasteiger partial charge is 0.256 e. The van der Waals surface area contributed by atoms with Gasteiger partial charge >= 0.3 is 0 Å². The van der Waals surface area contributed by atoms with Crippen LogP contribution < -0.4 is 20.1 Å². The zero-order chi connectivity index (χ0) is 22.3. The van der Waals surface area contributed by atoms with E-state index in [1.165, 1.54) is 7.11 Å². The number of ether oxygens (including phenoxy) is 2. The van der Waals surface area contributed by atoms with Gasteiger partial charge in [-0.25, -0.2) is 0 Å². The first kappa shape index (κ1) is 21.1. The second-order valence-corrected chi connectivity index (χ2v) is 8.04. The lowest BCUT2D eigenvalue weighted by atomic mass is 9.78. The van der Waals surface area contributed by atoms with E-state index < -0.39 is 29.4 Å². The third kappa shape index (κ3) is 3.14. The van der Waals surface area contributed by atoms with Gasteiger partial charge in [0.2, 0.25) is 0 Å². The lowest BCUT2D eigenvalue weighted by molar-refractivity contribution is -0.532. The Morgan fingerprint density at radius 1 is 1.35 bits per heavy atom. The number of carbonyl (C=O) groups is 1. The van der Waals surface area contributed by atoms with Gasteiger partial charge in [0.05, 0.1) is 18.1 Å². The van der Waals surface area contributed by atoms with Crippen LogP contribution in [0.3, 0.4) is 0 Å². The normalized spacial score (nSPS) is 26.4. The van der Waals surface area contributed by atoms with Crippen LogP contribution >= 0.6 is 11.6 Å². The van der Waals surface area contributed by atoms with E-state index in [4.69, 9.17) is 21.1 Å². The highest BCUT2D eigenvalue weighted by atomic mass is 35.5. The number of methoxy groups -OCH3 is 1. The van der Waals surface area contributed by atoms with E-state index in [1.54, 1.807) is 42.5 Å². The van der Waals surface area contributed by atoms with Gasteiger partial charge in [0, 0.05) is 22.2 Å². The Morgan fingerprint density at radius 3 is 2.77 bits per heavy atom. The molecule has 31 heavy (non-hydrogen) atoms. The minimum absolute atomic E-state index is 0.231. The summed E-state index contributed by atoms with van der Waals surface area (Å²) in [5.74, 6) is -0.390. The van der Waals surface area contributed by atoms with Crippen LogP contribution in [0.5, 0.6) is 11.5 Å². The highest BCUT2D eigenvalue weighted by Crippen LogP contribution is 2.51. The third-order valence-corrected chi connectivity index (χ3v) is 6.23. The van der Waals surface area contributed by atoms with Crippen molar-refractivity contribution in [1.82, 2.24) is 5.32 Å². The number of halogens is 1. The number of para-hydroxylation sites is 1. The van der Waals surface area contributed by atoms with Crippen molar-refractivity contribution in [2.24, 2.45) is 0 Å². The topological polar surface area (TPSA) is 103 Å².